The first-order valence-corrected chi connectivity index (χ1v) is 7.85. The minimum Gasteiger partial charge on any atom is -0.465 e. The van der Waals surface area contributed by atoms with Crippen molar-refractivity contribution < 1.29 is 19.4 Å². The Morgan fingerprint density at radius 1 is 1.19 bits per heavy atom. The van der Waals surface area contributed by atoms with E-state index < -0.39 is 12.1 Å². The molecular formula is C20H18N2O4. The number of carbonyl (C=O) groups excluding carboxylic acids is 1. The molecule has 2 aromatic rings. The van der Waals surface area contributed by atoms with Gasteiger partial charge in [0.1, 0.15) is 0 Å². The molecule has 1 heterocycles. The molecule has 0 unspecified atom stereocenters. The smallest absolute Gasteiger partial charge is 0.411 e. The van der Waals surface area contributed by atoms with Gasteiger partial charge in [-0.25, -0.2) is 9.59 Å². The Kier molecular flexibility index (Phi) is 6.52. The van der Waals surface area contributed by atoms with E-state index in [1.807, 2.05) is 36.4 Å². The molecule has 0 radical (unpaired) electrons. The second-order valence-corrected chi connectivity index (χ2v) is 5.41. The SMILES string of the molecule is COC(=O)c1ccccc1CC#N.O=C(O)N1C=Cc2ccccc2C1. The number of fused-ring (bicyclic) bond motifs is 1. The molecule has 0 bridgehead atoms. The molecule has 0 atom stereocenters. The third-order valence-electron chi connectivity index (χ3n) is 3.77. The van der Waals surface area contributed by atoms with Crippen molar-refractivity contribution in [1.82, 2.24) is 4.90 Å². The molecule has 132 valence electrons. The maximum atomic E-state index is 11.2. The van der Waals surface area contributed by atoms with E-state index >= 15 is 0 Å². The van der Waals surface area contributed by atoms with Gasteiger partial charge in [-0.05, 0) is 28.8 Å². The van der Waals surface area contributed by atoms with E-state index in [-0.39, 0.29) is 6.42 Å². The largest absolute Gasteiger partial charge is 0.465 e. The number of hydrogen-bond acceptors (Lipinski definition) is 4. The Labute approximate surface area is 151 Å². The fourth-order valence-corrected chi connectivity index (χ4v) is 2.45. The van der Waals surface area contributed by atoms with Crippen molar-refractivity contribution in [3.05, 3.63) is 77.0 Å². The molecule has 1 N–H and O–H groups in total. The summed E-state index contributed by atoms with van der Waals surface area (Å²) in [6.07, 6.45) is 2.72. The van der Waals surface area contributed by atoms with Crippen LogP contribution in [0.3, 0.4) is 0 Å². The molecule has 0 aliphatic carbocycles. The first-order chi connectivity index (χ1) is 12.6. The number of esters is 1. The Morgan fingerprint density at radius 3 is 2.58 bits per heavy atom. The molecule has 3 rings (SSSR count). The van der Waals surface area contributed by atoms with Gasteiger partial charge in [-0.2, -0.15) is 5.26 Å². The normalized spacial score (nSPS) is 11.5. The molecule has 0 saturated carbocycles. The van der Waals surface area contributed by atoms with Crippen molar-refractivity contribution in [1.29, 1.82) is 5.26 Å². The molecule has 0 spiro atoms. The minimum atomic E-state index is -0.911. The lowest BCUT2D eigenvalue weighted by atomic mass is 10.1. The number of hydrogen-bond donors (Lipinski definition) is 1. The van der Waals surface area contributed by atoms with Crippen LogP contribution in [0.15, 0.2) is 54.7 Å². The molecule has 26 heavy (non-hydrogen) atoms. The van der Waals surface area contributed by atoms with Crippen LogP contribution >= 0.6 is 0 Å². The van der Waals surface area contributed by atoms with E-state index in [0.29, 0.717) is 17.7 Å². The third kappa shape index (κ3) is 4.71. The molecule has 0 aromatic heterocycles. The highest BCUT2D eigenvalue weighted by molar-refractivity contribution is 5.91. The molecule has 6 heteroatoms. The molecule has 0 saturated heterocycles. The van der Waals surface area contributed by atoms with Crippen molar-refractivity contribution in [3.63, 3.8) is 0 Å². The van der Waals surface area contributed by atoms with E-state index in [4.69, 9.17) is 10.4 Å². The summed E-state index contributed by atoms with van der Waals surface area (Å²) in [4.78, 5) is 23.1. The topological polar surface area (TPSA) is 90.6 Å². The van der Waals surface area contributed by atoms with E-state index in [1.165, 1.54) is 12.0 Å². The predicted molar refractivity (Wildman–Crippen MR) is 96.1 cm³/mol. The molecule has 1 aliphatic heterocycles. The number of nitrogens with zero attached hydrogens (tertiary/aromatic N) is 2. The van der Waals surface area contributed by atoms with Crippen LogP contribution in [0.4, 0.5) is 4.79 Å². The maximum absolute atomic E-state index is 11.2. The summed E-state index contributed by atoms with van der Waals surface area (Å²) in [6.45, 7) is 0.446. The van der Waals surface area contributed by atoms with Gasteiger partial charge in [-0.15, -0.1) is 0 Å². The highest BCUT2D eigenvalue weighted by Crippen LogP contribution is 2.18. The number of rotatable bonds is 2. The fraction of sp³-hybridized carbons (Fsp3) is 0.150. The lowest BCUT2D eigenvalue weighted by Crippen LogP contribution is -2.25. The minimum absolute atomic E-state index is 0.227. The lowest BCUT2D eigenvalue weighted by Gasteiger charge is -2.20. The Hall–Kier alpha value is -3.59. The summed E-state index contributed by atoms with van der Waals surface area (Å²) < 4.78 is 4.57. The van der Waals surface area contributed by atoms with Gasteiger partial charge in [0, 0.05) is 6.20 Å². The molecule has 1 aliphatic rings. The van der Waals surface area contributed by atoms with Crippen LogP contribution in [0, 0.1) is 11.3 Å². The quantitative estimate of drug-likeness (QED) is 0.834. The summed E-state index contributed by atoms with van der Waals surface area (Å²) in [7, 11) is 1.32. The van der Waals surface area contributed by atoms with Gasteiger partial charge in [0.05, 0.1) is 31.7 Å². The van der Waals surface area contributed by atoms with Gasteiger partial charge in [0.2, 0.25) is 0 Å². The van der Waals surface area contributed by atoms with Crippen LogP contribution in [0.25, 0.3) is 6.08 Å². The lowest BCUT2D eigenvalue weighted by molar-refractivity contribution is 0.0599. The Bertz CT molecular complexity index is 868. The zero-order valence-corrected chi connectivity index (χ0v) is 14.3. The van der Waals surface area contributed by atoms with Crippen LogP contribution in [0.1, 0.15) is 27.0 Å². The second kappa shape index (κ2) is 9.04. The molecular weight excluding hydrogens is 332 g/mol. The fourth-order valence-electron chi connectivity index (χ4n) is 2.45. The second-order valence-electron chi connectivity index (χ2n) is 5.41. The van der Waals surface area contributed by atoms with Gasteiger partial charge in [-0.1, -0.05) is 42.5 Å². The number of ether oxygens (including phenoxy) is 1. The average Bonchev–Trinajstić information content (AvgIpc) is 2.68. The molecule has 1 amide bonds. The van der Waals surface area contributed by atoms with Crippen molar-refractivity contribution in [2.75, 3.05) is 7.11 Å². The van der Waals surface area contributed by atoms with Gasteiger partial charge < -0.3 is 9.84 Å². The maximum Gasteiger partial charge on any atom is 0.411 e. The number of benzene rings is 2. The number of methoxy groups -OCH3 is 1. The first kappa shape index (κ1) is 18.7. The molecule has 2 aromatic carbocycles. The van der Waals surface area contributed by atoms with Gasteiger partial charge in [0.15, 0.2) is 0 Å². The van der Waals surface area contributed by atoms with Crippen LogP contribution < -0.4 is 0 Å². The van der Waals surface area contributed by atoms with Crippen LogP contribution in [-0.2, 0) is 17.7 Å². The Morgan fingerprint density at radius 2 is 1.88 bits per heavy atom. The monoisotopic (exact) mass is 350 g/mol. The van der Waals surface area contributed by atoms with E-state index in [2.05, 4.69) is 4.74 Å². The van der Waals surface area contributed by atoms with Gasteiger partial charge in [0.25, 0.3) is 0 Å². The average molecular weight is 350 g/mol. The zero-order valence-electron chi connectivity index (χ0n) is 14.3. The number of amides is 1. The molecule has 0 fully saturated rings. The summed E-state index contributed by atoms with van der Waals surface area (Å²) in [5, 5.41) is 17.2. The van der Waals surface area contributed by atoms with Gasteiger partial charge in [-0.3, -0.25) is 4.90 Å². The van der Waals surface area contributed by atoms with Crippen LogP contribution in [0.5, 0.6) is 0 Å². The Balaban J connectivity index is 0.000000187. The molecule has 6 nitrogen and oxygen atoms in total. The van der Waals surface area contributed by atoms with E-state index in [1.54, 1.807) is 30.5 Å². The summed E-state index contributed by atoms with van der Waals surface area (Å²) in [6, 6.07) is 16.7. The predicted octanol–water partition coefficient (Wildman–Crippen LogP) is 3.69. The summed E-state index contributed by atoms with van der Waals surface area (Å²) in [5.41, 5.74) is 3.32. The summed E-state index contributed by atoms with van der Waals surface area (Å²) >= 11 is 0. The number of carbonyl (C=O) groups is 2. The van der Waals surface area contributed by atoms with Gasteiger partial charge >= 0.3 is 12.1 Å². The standard InChI is InChI=1S/2C10H9NO2/c12-10(13)11-6-5-8-3-1-2-4-9(8)7-11;1-13-10(12)9-5-3-2-4-8(9)6-7-11/h1-6H,7H2,(H,12,13);2-5H,6H2,1H3. The van der Waals surface area contributed by atoms with Crippen molar-refractivity contribution in [2.45, 2.75) is 13.0 Å². The number of carboxylic acid groups (broad SMARTS) is 1. The van der Waals surface area contributed by atoms with Crippen molar-refractivity contribution >= 4 is 18.1 Å². The first-order valence-electron chi connectivity index (χ1n) is 7.85. The highest BCUT2D eigenvalue weighted by atomic mass is 16.5. The van der Waals surface area contributed by atoms with Crippen molar-refractivity contribution in [2.24, 2.45) is 0 Å². The highest BCUT2D eigenvalue weighted by Gasteiger charge is 2.14. The summed E-state index contributed by atoms with van der Waals surface area (Å²) in [5.74, 6) is -0.397. The van der Waals surface area contributed by atoms with Crippen molar-refractivity contribution in [3.8, 4) is 6.07 Å². The van der Waals surface area contributed by atoms with E-state index in [0.717, 1.165) is 11.1 Å². The number of nitriles is 1. The van der Waals surface area contributed by atoms with Crippen LogP contribution in [0.2, 0.25) is 0 Å². The van der Waals surface area contributed by atoms with E-state index in [9.17, 15) is 9.59 Å². The third-order valence-corrected chi connectivity index (χ3v) is 3.77. The zero-order chi connectivity index (χ0) is 18.9. The van der Waals surface area contributed by atoms with Crippen LogP contribution in [-0.4, -0.2) is 29.2 Å².